The second-order valence-electron chi connectivity index (χ2n) is 4.03. The summed E-state index contributed by atoms with van der Waals surface area (Å²) in [6.07, 6.45) is 4.63. The van der Waals surface area contributed by atoms with E-state index in [0.717, 1.165) is 11.9 Å². The van der Waals surface area contributed by atoms with Gasteiger partial charge in [0.2, 0.25) is 0 Å². The molecule has 1 aromatic rings. The molecular weight excluding hydrogens is 154 g/mol. The van der Waals surface area contributed by atoms with Crippen LogP contribution < -0.4 is 5.73 Å². The van der Waals surface area contributed by atoms with Crippen LogP contribution in [0, 0.1) is 0 Å². The van der Waals surface area contributed by atoms with Crippen LogP contribution in [0.3, 0.4) is 0 Å². The molecule has 0 aliphatic heterocycles. The number of aromatic nitrogens is 2. The Morgan fingerprint density at radius 1 is 1.55 bits per heavy atom. The van der Waals surface area contributed by atoms with Crippen molar-refractivity contribution in [1.29, 1.82) is 0 Å². The van der Waals surface area contributed by atoms with Crippen LogP contribution in [-0.2, 0) is 6.17 Å². The maximum absolute atomic E-state index is 5.53. The highest BCUT2D eigenvalue weighted by molar-refractivity contribution is 6.74. The Kier molecular flexibility index (Phi) is 2.04. The van der Waals surface area contributed by atoms with Crippen LogP contribution in [0.15, 0.2) is 12.4 Å². The van der Waals surface area contributed by atoms with Crippen molar-refractivity contribution in [1.82, 2.24) is 9.78 Å². The van der Waals surface area contributed by atoms with Crippen molar-refractivity contribution in [3.8, 4) is 0 Å². The summed E-state index contributed by atoms with van der Waals surface area (Å²) in [6.45, 7) is 6.93. The zero-order valence-corrected chi connectivity index (χ0v) is 8.33. The molecule has 11 heavy (non-hydrogen) atoms. The molecule has 0 radical (unpaired) electrons. The topological polar surface area (TPSA) is 43.8 Å². The van der Waals surface area contributed by atoms with Crippen molar-refractivity contribution in [3.05, 3.63) is 12.4 Å². The van der Waals surface area contributed by atoms with Gasteiger partial charge in [0, 0.05) is 12.4 Å². The van der Waals surface area contributed by atoms with E-state index >= 15 is 0 Å². The van der Waals surface area contributed by atoms with Crippen molar-refractivity contribution in [3.63, 3.8) is 0 Å². The molecule has 62 valence electrons. The van der Waals surface area contributed by atoms with Gasteiger partial charge < -0.3 is 5.73 Å². The molecule has 0 spiro atoms. The fourth-order valence-corrected chi connectivity index (χ4v) is 2.10. The molecule has 0 unspecified atom stereocenters. The normalized spacial score (nSPS) is 11.9. The Hall–Kier alpha value is -0.773. The van der Waals surface area contributed by atoms with Gasteiger partial charge in [0.05, 0.1) is 20.0 Å². The lowest BCUT2D eigenvalue weighted by Gasteiger charge is -2.14. The van der Waals surface area contributed by atoms with Gasteiger partial charge in [0.15, 0.2) is 0 Å². The van der Waals surface area contributed by atoms with Crippen molar-refractivity contribution in [2.75, 3.05) is 5.73 Å². The summed E-state index contributed by atoms with van der Waals surface area (Å²) in [5, 5.41) is 4.13. The first-order valence-electron chi connectivity index (χ1n) is 3.75. The molecule has 0 atom stereocenters. The lowest BCUT2D eigenvalue weighted by molar-refractivity contribution is 0.725. The third kappa shape index (κ3) is 2.75. The van der Waals surface area contributed by atoms with E-state index in [2.05, 4.69) is 24.7 Å². The van der Waals surface area contributed by atoms with Crippen LogP contribution in [-0.4, -0.2) is 17.9 Å². The maximum Gasteiger partial charge on any atom is 0.0719 e. The minimum atomic E-state index is -1.04. The van der Waals surface area contributed by atoms with Crippen molar-refractivity contribution in [2.24, 2.45) is 0 Å². The molecule has 1 rings (SSSR count). The standard InChI is InChI=1S/C7H15N3Si/c1-11(2,3)6-10-5-7(8)4-9-10/h4-5H,6,8H2,1-3H3. The monoisotopic (exact) mass is 169 g/mol. The van der Waals surface area contributed by atoms with E-state index in [9.17, 15) is 0 Å². The quantitative estimate of drug-likeness (QED) is 0.679. The second kappa shape index (κ2) is 2.69. The number of anilines is 1. The number of hydrogen-bond donors (Lipinski definition) is 1. The van der Waals surface area contributed by atoms with Crippen LogP contribution in [0.1, 0.15) is 0 Å². The zero-order valence-electron chi connectivity index (χ0n) is 7.33. The summed E-state index contributed by atoms with van der Waals surface area (Å²) in [4.78, 5) is 0. The molecule has 0 saturated heterocycles. The van der Waals surface area contributed by atoms with Crippen LogP contribution >= 0.6 is 0 Å². The summed E-state index contributed by atoms with van der Waals surface area (Å²) < 4.78 is 1.93. The number of nitrogens with two attached hydrogens (primary N) is 1. The van der Waals surface area contributed by atoms with E-state index in [-0.39, 0.29) is 0 Å². The first kappa shape index (κ1) is 8.32. The number of nitrogens with zero attached hydrogens (tertiary/aromatic N) is 2. The fraction of sp³-hybridized carbons (Fsp3) is 0.571. The smallest absolute Gasteiger partial charge is 0.0719 e. The van der Waals surface area contributed by atoms with Gasteiger partial charge in [-0.3, -0.25) is 4.68 Å². The third-order valence-electron chi connectivity index (χ3n) is 1.29. The van der Waals surface area contributed by atoms with E-state index in [1.165, 1.54) is 0 Å². The van der Waals surface area contributed by atoms with Gasteiger partial charge >= 0.3 is 0 Å². The van der Waals surface area contributed by atoms with Gasteiger partial charge in [0.25, 0.3) is 0 Å². The highest BCUT2D eigenvalue weighted by Gasteiger charge is 2.13. The van der Waals surface area contributed by atoms with Crippen LogP contribution in [0.2, 0.25) is 19.6 Å². The van der Waals surface area contributed by atoms with Crippen molar-refractivity contribution >= 4 is 13.8 Å². The second-order valence-corrected chi connectivity index (χ2v) is 9.47. The third-order valence-corrected chi connectivity index (χ3v) is 2.56. The van der Waals surface area contributed by atoms with E-state index in [1.54, 1.807) is 6.20 Å². The van der Waals surface area contributed by atoms with Crippen LogP contribution in [0.25, 0.3) is 0 Å². The first-order valence-corrected chi connectivity index (χ1v) is 7.46. The predicted octanol–water partition coefficient (Wildman–Crippen LogP) is 1.34. The molecule has 0 aliphatic rings. The van der Waals surface area contributed by atoms with Gasteiger partial charge in [-0.2, -0.15) is 5.10 Å². The highest BCUT2D eigenvalue weighted by Crippen LogP contribution is 2.05. The minimum Gasteiger partial charge on any atom is -0.396 e. The van der Waals surface area contributed by atoms with Gasteiger partial charge in [-0.15, -0.1) is 0 Å². The molecule has 2 N–H and O–H groups in total. The Balaban J connectivity index is 2.65. The predicted molar refractivity (Wildman–Crippen MR) is 50.0 cm³/mol. The van der Waals surface area contributed by atoms with Gasteiger partial charge in [-0.05, 0) is 0 Å². The van der Waals surface area contributed by atoms with E-state index in [4.69, 9.17) is 5.73 Å². The largest absolute Gasteiger partial charge is 0.396 e. The molecule has 0 aliphatic carbocycles. The lowest BCUT2D eigenvalue weighted by Crippen LogP contribution is -2.28. The molecule has 4 heteroatoms. The minimum absolute atomic E-state index is 0.753. The fourth-order valence-electron chi connectivity index (χ4n) is 0.952. The summed E-state index contributed by atoms with van der Waals surface area (Å²) in [7, 11) is -1.04. The van der Waals surface area contributed by atoms with Gasteiger partial charge in [-0.1, -0.05) is 19.6 Å². The molecule has 0 aromatic carbocycles. The Morgan fingerprint density at radius 2 is 2.18 bits per heavy atom. The number of nitrogen functional groups attached to an aromatic ring is 1. The van der Waals surface area contributed by atoms with Crippen molar-refractivity contribution in [2.45, 2.75) is 25.8 Å². The van der Waals surface area contributed by atoms with E-state index in [0.29, 0.717) is 0 Å². The summed E-state index contributed by atoms with van der Waals surface area (Å²) in [6, 6.07) is 0. The molecule has 3 nitrogen and oxygen atoms in total. The number of rotatable bonds is 2. The zero-order chi connectivity index (χ0) is 8.48. The van der Waals surface area contributed by atoms with E-state index in [1.807, 2.05) is 10.9 Å². The maximum atomic E-state index is 5.53. The Bertz CT molecular complexity index is 236. The molecule has 1 heterocycles. The molecule has 0 fully saturated rings. The molecule has 0 saturated carbocycles. The van der Waals surface area contributed by atoms with Crippen LogP contribution in [0.4, 0.5) is 5.69 Å². The Morgan fingerprint density at radius 3 is 2.55 bits per heavy atom. The van der Waals surface area contributed by atoms with Gasteiger partial charge in [-0.25, -0.2) is 0 Å². The van der Waals surface area contributed by atoms with Gasteiger partial charge in [0.1, 0.15) is 0 Å². The molecule has 0 bridgehead atoms. The first-order chi connectivity index (χ1) is 4.97. The summed E-state index contributed by atoms with van der Waals surface area (Å²) >= 11 is 0. The van der Waals surface area contributed by atoms with Crippen LogP contribution in [0.5, 0.6) is 0 Å². The molecule has 1 aromatic heterocycles. The van der Waals surface area contributed by atoms with E-state index < -0.39 is 8.07 Å². The van der Waals surface area contributed by atoms with Crippen molar-refractivity contribution < 1.29 is 0 Å². The average molecular weight is 169 g/mol. The summed E-state index contributed by atoms with van der Waals surface area (Å²) in [5.41, 5.74) is 6.28. The lowest BCUT2D eigenvalue weighted by atomic mass is 10.6. The number of hydrogen-bond acceptors (Lipinski definition) is 2. The Labute approximate surface area is 68.2 Å². The average Bonchev–Trinajstić information content (AvgIpc) is 2.10. The SMILES string of the molecule is C[Si](C)(C)Cn1cc(N)cn1. The molecule has 0 amide bonds. The summed E-state index contributed by atoms with van der Waals surface area (Å²) in [5.74, 6) is 0. The molecular formula is C7H15N3Si. The highest BCUT2D eigenvalue weighted by atomic mass is 28.3.